The topological polar surface area (TPSA) is 12.5 Å². The molecule has 6 aromatic carbocycles. The van der Waals surface area contributed by atoms with E-state index in [4.69, 9.17) is 66.5 Å². The summed E-state index contributed by atoms with van der Waals surface area (Å²) in [7, 11) is 0. The van der Waals surface area contributed by atoms with Crippen LogP contribution < -0.4 is 9.13 Å². The van der Waals surface area contributed by atoms with Gasteiger partial charge in [0.05, 0.1) is 0 Å². The number of halogens is 6. The van der Waals surface area contributed by atoms with E-state index >= 15 is 0 Å². The molecule has 2 heterocycles. The Morgan fingerprint density at radius 2 is 0.534 bits per heavy atom. The molecule has 0 saturated heterocycles. The number of nitrogens with zero attached hydrogens (tertiary/aromatic N) is 4. The maximum absolute atomic E-state index is 7.73. The summed E-state index contributed by atoms with van der Waals surface area (Å²) >= 11 is 46.4. The Morgan fingerprint density at radius 1 is 0.330 bits per heavy atom. The van der Waals surface area contributed by atoms with Crippen molar-refractivity contribution in [2.24, 2.45) is 0 Å². The largest absolute Gasteiger partial charge is 0.0654 e. The summed E-state index contributed by atoms with van der Waals surface area (Å²) in [5.41, 5.74) is 9.31. The minimum Gasteiger partial charge on any atom is -0.0654 e. The van der Waals surface area contributed by atoms with Crippen LogP contribution in [0.2, 0.25) is 0 Å². The van der Waals surface area contributed by atoms with Gasteiger partial charge in [-0.25, -0.2) is 0 Å². The monoisotopic (exact) mass is 1340 g/mol. The fraction of sp³-hybridized carbons (Fsp3) is 0.500. The molecule has 0 bridgehead atoms. The molecular formula is C76H108Cl6N4Si2. The predicted molar refractivity (Wildman–Crippen MR) is 398 cm³/mol. The van der Waals surface area contributed by atoms with Crippen LogP contribution in [0.1, 0.15) is 306 Å². The van der Waals surface area contributed by atoms with Crippen LogP contribution in [0.25, 0.3) is 0 Å². The Kier molecular flexibility index (Phi) is 23.3. The normalized spacial score (nSPS) is 17.2. The third kappa shape index (κ3) is 14.9. The van der Waals surface area contributed by atoms with E-state index in [0.29, 0.717) is 0 Å². The third-order valence-corrected chi connectivity index (χ3v) is 28.2. The number of hydrogen-bond donors (Lipinski definition) is 0. The summed E-state index contributed by atoms with van der Waals surface area (Å²) in [5, 5.41) is 0. The van der Waals surface area contributed by atoms with Gasteiger partial charge in [0.15, 0.2) is 0 Å². The van der Waals surface area contributed by atoms with Gasteiger partial charge in [-0.1, -0.05) is 39.5 Å². The van der Waals surface area contributed by atoms with E-state index in [0.717, 1.165) is 45.5 Å². The number of hydrogen-bond acceptors (Lipinski definition) is 2. The Hall–Kier alpha value is -3.57. The van der Waals surface area contributed by atoms with Gasteiger partial charge in [-0.05, 0) is 0 Å². The summed E-state index contributed by atoms with van der Waals surface area (Å²) in [6.07, 6.45) is 5.54. The standard InChI is InChI=1S/2C35H47Cl3N2Si.C6H14/c2*1-22(2)28-14-12-15-29(23(3)4)32(28)39-34(26-18-20-27(21-19-26)35(9,10)11)40(41(39,36,37)38)33-30(24(5)6)16-13-17-31(33)25(7)8;1-3-5-6-4-2/h2*12-25H,1-11H3;3-6H2,1-2H3. The maximum atomic E-state index is 7.73. The van der Waals surface area contributed by atoms with Crippen LogP contribution in [0, 0.1) is 0 Å². The summed E-state index contributed by atoms with van der Waals surface area (Å²) in [6, 6.07) is 43.8. The van der Waals surface area contributed by atoms with Gasteiger partial charge in [0, 0.05) is 0 Å². The molecule has 2 aliphatic heterocycles. The Bertz CT molecular complexity index is 3130. The third-order valence-electron chi connectivity index (χ3n) is 17.5. The first-order valence-corrected chi connectivity index (χ1v) is 43.8. The van der Waals surface area contributed by atoms with E-state index in [2.05, 4.69) is 305 Å². The molecule has 88 heavy (non-hydrogen) atoms. The van der Waals surface area contributed by atoms with Crippen LogP contribution in [0.5, 0.6) is 0 Å². The average molecular weight is 1350 g/mol. The van der Waals surface area contributed by atoms with Crippen LogP contribution in [0.4, 0.5) is 22.7 Å². The zero-order chi connectivity index (χ0) is 66.2. The van der Waals surface area contributed by atoms with Crippen molar-refractivity contribution >= 4 is 112 Å². The molecule has 0 fully saturated rings. The Labute approximate surface area is 563 Å². The second kappa shape index (κ2) is 27.9. The summed E-state index contributed by atoms with van der Waals surface area (Å²) in [5.74, 6) is 3.99. The molecule has 0 saturated carbocycles. The molecule has 0 radical (unpaired) electrons. The molecule has 0 amide bonds. The molecule has 0 N–H and O–H groups in total. The first-order chi connectivity index (χ1) is 40.6. The first-order valence-electron chi connectivity index (χ1n) is 32.9. The van der Waals surface area contributed by atoms with Crippen molar-refractivity contribution in [3.05, 3.63) is 188 Å². The van der Waals surface area contributed by atoms with Crippen LogP contribution in [0.3, 0.4) is 0 Å². The fourth-order valence-corrected chi connectivity index (χ4v) is 23.2. The van der Waals surface area contributed by atoms with Crippen LogP contribution in [-0.4, -0.2) is 31.4 Å². The van der Waals surface area contributed by atoms with Gasteiger partial charge >= 0.3 is 528 Å². The average Bonchev–Trinajstić information content (AvgIpc) is 0.689. The number of para-hydroxylation sites is 4. The van der Waals surface area contributed by atoms with Crippen molar-refractivity contribution in [2.75, 3.05) is 9.13 Å². The molecule has 0 unspecified atom stereocenters. The van der Waals surface area contributed by atoms with Gasteiger partial charge in [-0.15, -0.1) is 0 Å². The molecule has 0 aliphatic carbocycles. The molecule has 4 nitrogen and oxygen atoms in total. The minimum atomic E-state index is -4.59. The van der Waals surface area contributed by atoms with Crippen LogP contribution in [-0.2, 0) is 10.8 Å². The fourth-order valence-electron chi connectivity index (χ4n) is 12.4. The van der Waals surface area contributed by atoms with Crippen molar-refractivity contribution < 1.29 is 8.48 Å². The van der Waals surface area contributed by atoms with E-state index in [1.54, 1.807) is 0 Å². The molecule has 6 aromatic rings. The van der Waals surface area contributed by atoms with Gasteiger partial charge in [-0.2, -0.15) is 0 Å². The predicted octanol–water partition coefficient (Wildman–Crippen LogP) is 26.0. The van der Waals surface area contributed by atoms with Gasteiger partial charge in [0.25, 0.3) is 0 Å². The zero-order valence-electron chi connectivity index (χ0n) is 58.1. The molecule has 2 aliphatic rings. The van der Waals surface area contributed by atoms with E-state index in [-0.39, 0.29) is 58.2 Å². The quantitative estimate of drug-likeness (QED) is 0.0513. The van der Waals surface area contributed by atoms with Crippen molar-refractivity contribution in [2.45, 2.75) is 250 Å². The van der Waals surface area contributed by atoms with E-state index < -0.39 is 11.2 Å². The molecule has 0 aromatic heterocycles. The molecule has 482 valence electrons. The second-order valence-corrected chi connectivity index (χ2v) is 50.8. The van der Waals surface area contributed by atoms with Gasteiger partial charge in [0.1, 0.15) is 0 Å². The van der Waals surface area contributed by atoms with Gasteiger partial charge in [0.2, 0.25) is 0 Å². The Morgan fingerprint density at radius 3 is 0.716 bits per heavy atom. The Balaban J connectivity index is 0.000000257. The number of amidine groups is 2. The maximum Gasteiger partial charge on any atom is -0.0536 e. The molecule has 8 rings (SSSR count). The molecule has 12 heteroatoms. The van der Waals surface area contributed by atoms with Crippen LogP contribution in [0.15, 0.2) is 121 Å². The number of rotatable bonds is 17. The minimum absolute atomic E-state index is 0.0400. The first kappa shape index (κ1) is 73.5. The van der Waals surface area contributed by atoms with E-state index in [1.165, 1.54) is 81.3 Å². The van der Waals surface area contributed by atoms with E-state index in [9.17, 15) is 0 Å². The zero-order valence-corrected chi connectivity index (χ0v) is 64.6. The molecule has 0 spiro atoms. The number of anilines is 2. The van der Waals surface area contributed by atoms with Crippen molar-refractivity contribution in [1.82, 2.24) is 0 Å². The van der Waals surface area contributed by atoms with Gasteiger partial charge < -0.3 is 0 Å². The molecule has 0 atom stereocenters. The molecular weight excluding hydrogens is 1240 g/mol. The summed E-state index contributed by atoms with van der Waals surface area (Å²) in [6.45, 7) is 53.4. The van der Waals surface area contributed by atoms with Crippen molar-refractivity contribution in [1.29, 1.82) is 0 Å². The number of benzene rings is 6. The summed E-state index contributed by atoms with van der Waals surface area (Å²) < 4.78 is 8.51. The second-order valence-electron chi connectivity index (χ2n) is 29.4. The SMILES string of the molecule is CC(C)c1cccc(C(C)C)c1N1C(c2ccc(C(C)(C)C)cc2)=[N+](c2c(C(C)C)cccc2C(C)C)[Si-]1(Cl)(Cl)Cl.CC(C)c1cccc(C(C)C)c1N1C(c2ccc(C(C)(C)C)cc2)=[N+](c2c(C(C)C)cccc2C(C)C)[Si-]1(Cl)(Cl)Cl.CCCCCC. The van der Waals surface area contributed by atoms with Crippen molar-refractivity contribution in [3.8, 4) is 0 Å². The number of unbranched alkanes of at least 4 members (excludes halogenated alkanes) is 3. The van der Waals surface area contributed by atoms with Gasteiger partial charge in [-0.3, -0.25) is 0 Å². The van der Waals surface area contributed by atoms with E-state index in [1.807, 2.05) is 0 Å². The van der Waals surface area contributed by atoms with Crippen LogP contribution >= 0.6 is 66.5 Å². The smallest absolute Gasteiger partial charge is 0.0536 e. The van der Waals surface area contributed by atoms with Crippen molar-refractivity contribution in [3.63, 3.8) is 0 Å². The summed E-state index contributed by atoms with van der Waals surface area (Å²) in [4.78, 5) is 0.